The summed E-state index contributed by atoms with van der Waals surface area (Å²) in [7, 11) is 0. The van der Waals surface area contributed by atoms with Crippen LogP contribution in [0.5, 0.6) is 0 Å². The van der Waals surface area contributed by atoms with E-state index in [4.69, 9.17) is 5.11 Å². The number of aromatic carboxylic acids is 1. The Morgan fingerprint density at radius 1 is 1.44 bits per heavy atom. The Bertz CT molecular complexity index is 534. The molecule has 2 rings (SSSR count). The molecule has 0 saturated heterocycles. The zero-order valence-corrected chi connectivity index (χ0v) is 8.49. The molecule has 1 N–H and O–H groups in total. The third-order valence-corrected chi connectivity index (χ3v) is 2.14. The molecule has 0 aliphatic heterocycles. The van der Waals surface area contributed by atoms with Gasteiger partial charge in [0, 0.05) is 12.0 Å². The van der Waals surface area contributed by atoms with Crippen LogP contribution in [0.15, 0.2) is 30.3 Å². The van der Waals surface area contributed by atoms with Crippen LogP contribution in [-0.4, -0.2) is 21.0 Å². The highest BCUT2D eigenvalue weighted by molar-refractivity contribution is 5.84. The summed E-state index contributed by atoms with van der Waals surface area (Å²) in [6.07, 6.45) is 0. The van der Waals surface area contributed by atoms with Crippen molar-refractivity contribution < 1.29 is 14.7 Å². The van der Waals surface area contributed by atoms with E-state index in [-0.39, 0.29) is 16.2 Å². The van der Waals surface area contributed by atoms with Gasteiger partial charge in [-0.3, -0.25) is 0 Å². The van der Waals surface area contributed by atoms with Crippen LogP contribution in [0.2, 0.25) is 0 Å². The summed E-state index contributed by atoms with van der Waals surface area (Å²) in [6.45, 7) is 1.48. The first-order valence-corrected chi connectivity index (χ1v) is 4.59. The summed E-state index contributed by atoms with van der Waals surface area (Å²) in [5.41, 5.74) is 0.350. The maximum absolute atomic E-state index is 11.7. The summed E-state index contributed by atoms with van der Waals surface area (Å²) in [4.78, 5) is 12.1. The highest BCUT2D eigenvalue weighted by Crippen LogP contribution is 2.06. The molecule has 0 bridgehead atoms. The highest BCUT2D eigenvalue weighted by atomic mass is 16.5. The van der Waals surface area contributed by atoms with Gasteiger partial charge in [-0.05, 0) is 16.9 Å². The third kappa shape index (κ3) is 1.50. The lowest BCUT2D eigenvalue weighted by Crippen LogP contribution is -2.41. The van der Waals surface area contributed by atoms with Gasteiger partial charge in [-0.2, -0.15) is 0 Å². The zero-order valence-electron chi connectivity index (χ0n) is 8.49. The van der Waals surface area contributed by atoms with Crippen LogP contribution in [0.1, 0.15) is 16.2 Å². The van der Waals surface area contributed by atoms with Crippen molar-refractivity contribution in [3.63, 3.8) is 0 Å². The molecule has 0 amide bonds. The molecule has 6 nitrogen and oxygen atoms in total. The Morgan fingerprint density at radius 2 is 2.06 bits per heavy atom. The predicted molar refractivity (Wildman–Crippen MR) is 54.2 cm³/mol. The average Bonchev–Trinajstić information content (AvgIpc) is 2.55. The van der Waals surface area contributed by atoms with Gasteiger partial charge in [-0.15, -0.1) is 4.85 Å². The van der Waals surface area contributed by atoms with Gasteiger partial charge in [0.1, 0.15) is 5.69 Å². The number of nitrogens with zero attached hydrogens (tertiary/aromatic N) is 3. The predicted octanol–water partition coefficient (Wildman–Crippen LogP) is 0.512. The van der Waals surface area contributed by atoms with Crippen LogP contribution >= 0.6 is 0 Å². The van der Waals surface area contributed by atoms with Gasteiger partial charge < -0.3 is 10.3 Å². The second-order valence-corrected chi connectivity index (χ2v) is 3.24. The molecule has 0 saturated carbocycles. The number of rotatable bonds is 2. The molecule has 0 aliphatic carbocycles. The summed E-state index contributed by atoms with van der Waals surface area (Å²) in [6, 6.07) is 8.63. The SMILES string of the molecule is Cc1nn(-c2ccccc2)[n+]([O-])c1C(=O)O. The molecule has 0 fully saturated rings. The molecular weight excluding hydrogens is 210 g/mol. The van der Waals surface area contributed by atoms with E-state index in [1.807, 2.05) is 0 Å². The number of hydrogen-bond donors (Lipinski definition) is 1. The quantitative estimate of drug-likeness (QED) is 0.589. The van der Waals surface area contributed by atoms with Gasteiger partial charge in [0.2, 0.25) is 5.69 Å². The summed E-state index contributed by atoms with van der Waals surface area (Å²) in [5.74, 6) is -1.28. The Balaban J connectivity index is 2.61. The second kappa shape index (κ2) is 3.65. The van der Waals surface area contributed by atoms with Crippen molar-refractivity contribution in [2.45, 2.75) is 6.92 Å². The molecular formula is C10H9N3O3. The van der Waals surface area contributed by atoms with Crippen LogP contribution in [0.25, 0.3) is 5.69 Å². The molecule has 0 unspecified atom stereocenters. The smallest absolute Gasteiger partial charge is 0.383 e. The lowest BCUT2D eigenvalue weighted by atomic mass is 10.3. The summed E-state index contributed by atoms with van der Waals surface area (Å²) in [5, 5.41) is 24.4. The van der Waals surface area contributed by atoms with Crippen LogP contribution in [0.3, 0.4) is 0 Å². The first-order valence-electron chi connectivity index (χ1n) is 4.59. The number of para-hydroxylation sites is 1. The minimum Gasteiger partial charge on any atom is -0.692 e. The van der Waals surface area contributed by atoms with Crippen LogP contribution in [-0.2, 0) is 0 Å². The topological polar surface area (TPSA) is 82.1 Å². The molecule has 1 heterocycles. The molecule has 6 heteroatoms. The largest absolute Gasteiger partial charge is 0.692 e. The summed E-state index contributed by atoms with van der Waals surface area (Å²) < 4.78 is 0. The van der Waals surface area contributed by atoms with Crippen molar-refractivity contribution in [1.29, 1.82) is 0 Å². The van der Waals surface area contributed by atoms with Crippen molar-refractivity contribution in [3.05, 3.63) is 46.9 Å². The lowest BCUT2D eigenvalue weighted by molar-refractivity contribution is -0.691. The van der Waals surface area contributed by atoms with E-state index in [1.165, 1.54) is 6.92 Å². The molecule has 82 valence electrons. The van der Waals surface area contributed by atoms with Crippen molar-refractivity contribution in [1.82, 2.24) is 9.90 Å². The normalized spacial score (nSPS) is 10.3. The van der Waals surface area contributed by atoms with Gasteiger partial charge in [0.05, 0.1) is 0 Å². The Morgan fingerprint density at radius 3 is 2.56 bits per heavy atom. The van der Waals surface area contributed by atoms with E-state index < -0.39 is 5.97 Å². The minimum atomic E-state index is -1.28. The van der Waals surface area contributed by atoms with E-state index in [2.05, 4.69) is 5.10 Å². The standard InChI is InChI=1S/C10H9N3O3/c1-7-9(10(14)15)13(16)12(11-7)8-5-3-2-4-6-8/h2-6H,1H3,(H,14,15). The van der Waals surface area contributed by atoms with Crippen molar-refractivity contribution >= 4 is 5.97 Å². The fourth-order valence-corrected chi connectivity index (χ4v) is 1.42. The number of hydrogen-bond acceptors (Lipinski definition) is 3. The molecule has 2 aromatic rings. The Kier molecular flexibility index (Phi) is 2.32. The van der Waals surface area contributed by atoms with Gasteiger partial charge in [-0.25, -0.2) is 4.79 Å². The van der Waals surface area contributed by atoms with Crippen LogP contribution < -0.4 is 4.85 Å². The molecule has 0 atom stereocenters. The molecule has 0 aliphatic rings. The molecule has 0 spiro atoms. The van der Waals surface area contributed by atoms with E-state index in [1.54, 1.807) is 30.3 Å². The Hall–Kier alpha value is -2.37. The van der Waals surface area contributed by atoms with E-state index in [0.29, 0.717) is 5.69 Å². The van der Waals surface area contributed by atoms with Gasteiger partial charge in [-0.1, -0.05) is 18.2 Å². The number of aryl methyl sites for hydroxylation is 1. The van der Waals surface area contributed by atoms with Gasteiger partial charge >= 0.3 is 5.97 Å². The van der Waals surface area contributed by atoms with Gasteiger partial charge in [0.15, 0.2) is 0 Å². The fourth-order valence-electron chi connectivity index (χ4n) is 1.42. The van der Waals surface area contributed by atoms with Crippen LogP contribution in [0.4, 0.5) is 0 Å². The fraction of sp³-hybridized carbons (Fsp3) is 0.100. The number of carbonyl (C=O) groups is 1. The lowest BCUT2D eigenvalue weighted by Gasteiger charge is -2.03. The molecule has 1 aromatic heterocycles. The van der Waals surface area contributed by atoms with E-state index >= 15 is 0 Å². The van der Waals surface area contributed by atoms with Crippen molar-refractivity contribution in [2.24, 2.45) is 0 Å². The highest BCUT2D eigenvalue weighted by Gasteiger charge is 2.25. The number of benzene rings is 1. The van der Waals surface area contributed by atoms with E-state index in [0.717, 1.165) is 4.80 Å². The zero-order chi connectivity index (χ0) is 11.7. The molecule has 16 heavy (non-hydrogen) atoms. The number of aromatic nitrogens is 3. The maximum atomic E-state index is 11.7. The monoisotopic (exact) mass is 219 g/mol. The minimum absolute atomic E-state index is 0.186. The third-order valence-electron chi connectivity index (χ3n) is 2.14. The van der Waals surface area contributed by atoms with Crippen molar-refractivity contribution in [2.75, 3.05) is 0 Å². The number of carboxylic acid groups (broad SMARTS) is 1. The maximum Gasteiger partial charge on any atom is 0.383 e. The number of carboxylic acids is 1. The second-order valence-electron chi connectivity index (χ2n) is 3.24. The van der Waals surface area contributed by atoms with E-state index in [9.17, 15) is 10.0 Å². The molecule has 1 aromatic carbocycles. The summed E-state index contributed by atoms with van der Waals surface area (Å²) >= 11 is 0. The first kappa shape index (κ1) is 10.2. The van der Waals surface area contributed by atoms with Crippen LogP contribution in [0, 0.1) is 12.1 Å². The molecule has 0 radical (unpaired) electrons. The first-order chi connectivity index (χ1) is 7.61. The van der Waals surface area contributed by atoms with Crippen molar-refractivity contribution in [3.8, 4) is 5.69 Å². The Labute approximate surface area is 90.9 Å². The van der Waals surface area contributed by atoms with Gasteiger partial charge in [0.25, 0.3) is 5.69 Å². The average molecular weight is 219 g/mol.